The fourth-order valence-corrected chi connectivity index (χ4v) is 4.81. The van der Waals surface area contributed by atoms with Gasteiger partial charge in [-0.05, 0) is 47.7 Å². The number of amides is 1. The molecule has 1 aliphatic rings. The molecule has 4 rings (SSSR count). The lowest BCUT2D eigenvalue weighted by atomic mass is 9.93. The van der Waals surface area contributed by atoms with Crippen LogP contribution < -0.4 is 14.8 Å². The molecule has 1 aromatic heterocycles. The number of hydrogen-bond donors (Lipinski definition) is 2. The number of aryl methyl sites for hydroxylation is 1. The number of ether oxygens (including phenoxy) is 2. The van der Waals surface area contributed by atoms with Gasteiger partial charge >= 0.3 is 6.09 Å². The minimum absolute atomic E-state index is 0.00585. The second-order valence-corrected chi connectivity index (χ2v) is 10.4. The van der Waals surface area contributed by atoms with Crippen molar-refractivity contribution in [1.82, 2.24) is 19.8 Å². The van der Waals surface area contributed by atoms with Crippen LogP contribution in [0, 0.1) is 12.7 Å². The summed E-state index contributed by atoms with van der Waals surface area (Å²) in [6, 6.07) is 7.85. The van der Waals surface area contributed by atoms with Crippen LogP contribution in [0.2, 0.25) is 0 Å². The van der Waals surface area contributed by atoms with Crippen LogP contribution in [0.4, 0.5) is 15.0 Å². The van der Waals surface area contributed by atoms with Gasteiger partial charge in [0.1, 0.15) is 17.5 Å². The van der Waals surface area contributed by atoms with Crippen molar-refractivity contribution in [1.29, 1.82) is 0 Å². The minimum Gasteiger partial charge on any atom is -0.493 e. The van der Waals surface area contributed by atoms with Crippen LogP contribution in [-0.2, 0) is 5.60 Å². The number of piperazine rings is 1. The van der Waals surface area contributed by atoms with Crippen molar-refractivity contribution < 1.29 is 23.8 Å². The van der Waals surface area contributed by atoms with Gasteiger partial charge in [0.15, 0.2) is 11.5 Å². The molecule has 1 saturated heterocycles. The van der Waals surface area contributed by atoms with Crippen LogP contribution in [0.1, 0.15) is 50.7 Å². The van der Waals surface area contributed by atoms with Crippen molar-refractivity contribution in [3.8, 4) is 11.5 Å². The summed E-state index contributed by atoms with van der Waals surface area (Å²) in [6.45, 7) is 10.7. The van der Waals surface area contributed by atoms with Gasteiger partial charge in [0.2, 0.25) is 0 Å². The van der Waals surface area contributed by atoms with Gasteiger partial charge in [-0.3, -0.25) is 0 Å². The van der Waals surface area contributed by atoms with E-state index in [1.165, 1.54) is 7.11 Å². The molecule has 1 unspecified atom stereocenters. The first-order valence-corrected chi connectivity index (χ1v) is 12.7. The number of nitrogens with one attached hydrogen (secondary N) is 1. The highest BCUT2D eigenvalue weighted by molar-refractivity contribution is 5.92. The zero-order chi connectivity index (χ0) is 27.8. The van der Waals surface area contributed by atoms with Crippen LogP contribution in [-0.4, -0.2) is 70.8 Å². The van der Waals surface area contributed by atoms with Gasteiger partial charge in [0.05, 0.1) is 24.3 Å². The first-order valence-electron chi connectivity index (χ1n) is 12.7. The summed E-state index contributed by atoms with van der Waals surface area (Å²) < 4.78 is 26.7. The molecule has 9 nitrogen and oxygen atoms in total. The van der Waals surface area contributed by atoms with E-state index in [4.69, 9.17) is 9.47 Å². The molecule has 2 aromatic carbocycles. The number of carbonyl (C=O) groups is 1. The monoisotopic (exact) mass is 525 g/mol. The van der Waals surface area contributed by atoms with Gasteiger partial charge in [-0.2, -0.15) is 0 Å². The van der Waals surface area contributed by atoms with Crippen LogP contribution >= 0.6 is 0 Å². The van der Waals surface area contributed by atoms with Crippen molar-refractivity contribution in [2.75, 3.05) is 39.1 Å². The van der Waals surface area contributed by atoms with Crippen molar-refractivity contribution in [3.63, 3.8) is 0 Å². The molecule has 0 radical (unpaired) electrons. The molecule has 2 heterocycles. The Bertz CT molecular complexity index is 1340. The maximum Gasteiger partial charge on any atom is 0.415 e. The fourth-order valence-electron chi connectivity index (χ4n) is 4.81. The van der Waals surface area contributed by atoms with E-state index in [1.54, 1.807) is 56.0 Å². The predicted octanol–water partition coefficient (Wildman–Crippen LogP) is 4.62. The number of aromatic nitrogens is 2. The van der Waals surface area contributed by atoms with Crippen molar-refractivity contribution >= 4 is 22.8 Å². The van der Waals surface area contributed by atoms with Crippen molar-refractivity contribution in [2.45, 2.75) is 52.3 Å². The summed E-state index contributed by atoms with van der Waals surface area (Å²) in [4.78, 5) is 26.0. The van der Waals surface area contributed by atoms with Gasteiger partial charge in [-0.25, -0.2) is 19.2 Å². The fraction of sp³-hybridized carbons (Fsp3) is 0.464. The topological polar surface area (TPSA) is 100 Å². The molecule has 1 amide bonds. The third-order valence-corrected chi connectivity index (χ3v) is 6.86. The van der Waals surface area contributed by atoms with E-state index in [0.29, 0.717) is 40.4 Å². The standard InChI is InChI=1S/C28H36FN5O4/c1-16-15-33(6)11-12-34(16)27(35)38-24-13-20-22(14-23(24)37-7)31-18(3)32-26(20)30-17(2)19-9-8-10-21(25(19)29)28(4,5)36/h8-10,13-14,16-17,36H,11-12,15H2,1-7H3,(H,30,31,32)/t16?,17-/m1/s1. The quantitative estimate of drug-likeness (QED) is 0.481. The van der Waals surface area contributed by atoms with Crippen LogP contribution in [0.15, 0.2) is 30.3 Å². The lowest BCUT2D eigenvalue weighted by Gasteiger charge is -2.37. The van der Waals surface area contributed by atoms with E-state index < -0.39 is 23.6 Å². The predicted molar refractivity (Wildman–Crippen MR) is 144 cm³/mol. The van der Waals surface area contributed by atoms with Gasteiger partial charge < -0.3 is 29.7 Å². The number of rotatable bonds is 6. The number of fused-ring (bicyclic) bond motifs is 1. The normalized spacial score (nSPS) is 17.4. The summed E-state index contributed by atoms with van der Waals surface area (Å²) in [5.74, 6) is 1.10. The Hall–Kier alpha value is -3.50. The van der Waals surface area contributed by atoms with E-state index in [0.717, 1.165) is 13.1 Å². The van der Waals surface area contributed by atoms with Gasteiger partial charge in [0.25, 0.3) is 0 Å². The Morgan fingerprint density at radius 3 is 2.63 bits per heavy atom. The van der Waals surface area contributed by atoms with E-state index in [9.17, 15) is 9.90 Å². The second-order valence-electron chi connectivity index (χ2n) is 10.4. The summed E-state index contributed by atoms with van der Waals surface area (Å²) in [6.07, 6.45) is -0.454. The number of methoxy groups -OCH3 is 1. The Morgan fingerprint density at radius 2 is 1.97 bits per heavy atom. The van der Waals surface area contributed by atoms with E-state index in [2.05, 4.69) is 20.2 Å². The van der Waals surface area contributed by atoms with Gasteiger partial charge in [-0.15, -0.1) is 0 Å². The molecule has 0 aliphatic carbocycles. The highest BCUT2D eigenvalue weighted by Crippen LogP contribution is 2.36. The Morgan fingerprint density at radius 1 is 1.24 bits per heavy atom. The highest BCUT2D eigenvalue weighted by atomic mass is 19.1. The van der Waals surface area contributed by atoms with Crippen LogP contribution in [0.3, 0.4) is 0 Å². The molecular formula is C28H36FN5O4. The molecule has 0 bridgehead atoms. The Balaban J connectivity index is 1.69. The first kappa shape index (κ1) is 27.5. The molecule has 0 saturated carbocycles. The molecule has 0 spiro atoms. The molecule has 204 valence electrons. The lowest BCUT2D eigenvalue weighted by molar-refractivity contribution is 0.0743. The van der Waals surface area contributed by atoms with Crippen molar-refractivity contribution in [3.05, 3.63) is 53.1 Å². The maximum atomic E-state index is 15.3. The lowest BCUT2D eigenvalue weighted by Crippen LogP contribution is -2.53. The number of hydrogen-bond acceptors (Lipinski definition) is 8. The third-order valence-electron chi connectivity index (χ3n) is 6.86. The molecular weight excluding hydrogens is 489 g/mol. The summed E-state index contributed by atoms with van der Waals surface area (Å²) in [5, 5.41) is 14.3. The highest BCUT2D eigenvalue weighted by Gasteiger charge is 2.29. The average Bonchev–Trinajstić information content (AvgIpc) is 2.83. The first-order chi connectivity index (χ1) is 17.9. The van der Waals surface area contributed by atoms with Crippen molar-refractivity contribution in [2.24, 2.45) is 0 Å². The summed E-state index contributed by atoms with van der Waals surface area (Å²) in [7, 11) is 3.53. The molecule has 1 aliphatic heterocycles. The summed E-state index contributed by atoms with van der Waals surface area (Å²) in [5.41, 5.74) is -0.139. The average molecular weight is 526 g/mol. The van der Waals surface area contributed by atoms with Gasteiger partial charge in [0, 0.05) is 48.3 Å². The smallest absolute Gasteiger partial charge is 0.415 e. The maximum absolute atomic E-state index is 15.3. The van der Waals surface area contributed by atoms with Crippen LogP contribution in [0.5, 0.6) is 11.5 Å². The molecule has 10 heteroatoms. The number of benzene rings is 2. The number of anilines is 1. The number of likely N-dealkylation sites (N-methyl/N-ethyl adjacent to an activating group) is 1. The molecule has 2 N–H and O–H groups in total. The zero-order valence-electron chi connectivity index (χ0n) is 23.0. The number of carbonyl (C=O) groups excluding carboxylic acids is 1. The largest absolute Gasteiger partial charge is 0.493 e. The molecule has 3 aromatic rings. The third kappa shape index (κ3) is 5.66. The SMILES string of the molecule is COc1cc2nc(C)nc(N[C@H](C)c3cccc(C(C)(C)O)c3F)c2cc1OC(=O)N1CCN(C)CC1C. The molecule has 2 atom stereocenters. The number of halogens is 1. The van der Waals surface area contributed by atoms with Gasteiger partial charge in [-0.1, -0.05) is 18.2 Å². The Kier molecular flexibility index (Phi) is 7.75. The second kappa shape index (κ2) is 10.7. The summed E-state index contributed by atoms with van der Waals surface area (Å²) >= 11 is 0. The molecule has 38 heavy (non-hydrogen) atoms. The Labute approximate surface area is 222 Å². The number of aliphatic hydroxyl groups is 1. The van der Waals surface area contributed by atoms with E-state index in [-0.39, 0.29) is 17.4 Å². The minimum atomic E-state index is -1.32. The van der Waals surface area contributed by atoms with E-state index >= 15 is 4.39 Å². The number of nitrogens with zero attached hydrogens (tertiary/aromatic N) is 4. The zero-order valence-corrected chi connectivity index (χ0v) is 23.0. The molecule has 1 fully saturated rings. The van der Waals surface area contributed by atoms with E-state index in [1.807, 2.05) is 20.9 Å². The van der Waals surface area contributed by atoms with Crippen LogP contribution in [0.25, 0.3) is 10.9 Å².